The molecule has 0 atom stereocenters. The van der Waals surface area contributed by atoms with Gasteiger partial charge in [-0.1, -0.05) is 0 Å². The zero-order chi connectivity index (χ0) is 19.4. The second-order valence-corrected chi connectivity index (χ2v) is 5.30. The Morgan fingerprint density at radius 2 is 1.62 bits per heavy atom. The number of ether oxygens (including phenoxy) is 1. The van der Waals surface area contributed by atoms with Gasteiger partial charge in [0.05, 0.1) is 21.0 Å². The first-order chi connectivity index (χ1) is 12.2. The van der Waals surface area contributed by atoms with Crippen LogP contribution in [0.2, 0.25) is 0 Å². The number of nitrogens with two attached hydrogens (primary N) is 1. The molecule has 0 saturated heterocycles. The highest BCUT2D eigenvalue weighted by atomic mass is 16.6. The van der Waals surface area contributed by atoms with E-state index in [4.69, 9.17) is 10.5 Å². The second kappa shape index (κ2) is 7.38. The van der Waals surface area contributed by atoms with Crippen LogP contribution in [0.1, 0.15) is 31.8 Å². The van der Waals surface area contributed by atoms with Gasteiger partial charge in [-0.2, -0.15) is 0 Å². The van der Waals surface area contributed by atoms with Crippen LogP contribution in [0.5, 0.6) is 0 Å². The van der Waals surface area contributed by atoms with Gasteiger partial charge in [0.15, 0.2) is 0 Å². The van der Waals surface area contributed by atoms with Gasteiger partial charge in [0.25, 0.3) is 11.4 Å². The van der Waals surface area contributed by atoms with Gasteiger partial charge in [-0.25, -0.2) is 4.79 Å². The highest BCUT2D eigenvalue weighted by Crippen LogP contribution is 2.23. The van der Waals surface area contributed by atoms with Crippen LogP contribution in [-0.2, 0) is 11.3 Å². The molecule has 0 saturated carbocycles. The van der Waals surface area contributed by atoms with Crippen molar-refractivity contribution < 1.29 is 24.2 Å². The molecule has 2 rings (SSSR count). The quantitative estimate of drug-likeness (QED) is 0.471. The summed E-state index contributed by atoms with van der Waals surface area (Å²) in [5.41, 5.74) is 4.92. The lowest BCUT2D eigenvalue weighted by Crippen LogP contribution is -2.12. The van der Waals surface area contributed by atoms with E-state index in [1.165, 1.54) is 37.3 Å². The Kier molecular flexibility index (Phi) is 5.26. The number of esters is 1. The molecule has 0 aromatic heterocycles. The molecule has 10 heteroatoms. The predicted molar refractivity (Wildman–Crippen MR) is 88.6 cm³/mol. The van der Waals surface area contributed by atoms with Crippen molar-refractivity contribution in [3.8, 4) is 0 Å². The number of carbonyl (C=O) groups excluding carboxylic acids is 2. The number of primary amides is 1. The Morgan fingerprint density at radius 1 is 1.00 bits per heavy atom. The van der Waals surface area contributed by atoms with Gasteiger partial charge >= 0.3 is 5.97 Å². The molecule has 0 bridgehead atoms. The van der Waals surface area contributed by atoms with Gasteiger partial charge in [-0.15, -0.1) is 0 Å². The van der Waals surface area contributed by atoms with E-state index in [0.717, 1.165) is 6.07 Å². The normalized spacial score (nSPS) is 10.2. The molecular weight excluding hydrogens is 346 g/mol. The highest BCUT2D eigenvalue weighted by molar-refractivity contribution is 5.93. The Balaban J connectivity index is 2.19. The molecule has 2 aromatic carbocycles. The van der Waals surface area contributed by atoms with Gasteiger partial charge in [-0.05, 0) is 31.2 Å². The molecule has 0 unspecified atom stereocenters. The van der Waals surface area contributed by atoms with Crippen LogP contribution in [0.25, 0.3) is 0 Å². The van der Waals surface area contributed by atoms with Crippen molar-refractivity contribution >= 4 is 23.3 Å². The molecule has 0 aliphatic carbocycles. The summed E-state index contributed by atoms with van der Waals surface area (Å²) >= 11 is 0. The van der Waals surface area contributed by atoms with Crippen molar-refractivity contribution in [2.24, 2.45) is 5.73 Å². The summed E-state index contributed by atoms with van der Waals surface area (Å²) in [5, 5.41) is 21.9. The minimum absolute atomic E-state index is 0.0437. The summed E-state index contributed by atoms with van der Waals surface area (Å²) in [5.74, 6) is -1.62. The van der Waals surface area contributed by atoms with Gasteiger partial charge in [0.1, 0.15) is 6.61 Å². The average Bonchev–Trinajstić information content (AvgIpc) is 2.58. The van der Waals surface area contributed by atoms with E-state index in [1.54, 1.807) is 0 Å². The van der Waals surface area contributed by atoms with Gasteiger partial charge in [0, 0.05) is 23.3 Å². The van der Waals surface area contributed by atoms with Crippen molar-refractivity contribution in [3.05, 3.63) is 78.9 Å². The largest absolute Gasteiger partial charge is 0.457 e. The standard InChI is InChI=1S/C16H13N3O7/c1-9-6-11(4-5-13(9)18(22)23)16(21)26-8-12-3-2-10(15(17)20)7-14(12)19(24)25/h2-7H,8H2,1H3,(H2,17,20). The molecule has 0 heterocycles. The maximum Gasteiger partial charge on any atom is 0.338 e. The summed E-state index contributed by atoms with van der Waals surface area (Å²) in [6, 6.07) is 7.27. The fourth-order valence-corrected chi connectivity index (χ4v) is 2.22. The second-order valence-electron chi connectivity index (χ2n) is 5.30. The Morgan fingerprint density at radius 3 is 2.15 bits per heavy atom. The summed E-state index contributed by atoms with van der Waals surface area (Å²) < 4.78 is 5.03. The molecule has 0 radical (unpaired) electrons. The number of aryl methyl sites for hydroxylation is 1. The van der Waals surface area contributed by atoms with E-state index in [-0.39, 0.29) is 27.9 Å². The first-order valence-corrected chi connectivity index (χ1v) is 7.20. The molecule has 134 valence electrons. The first kappa shape index (κ1) is 18.5. The molecule has 26 heavy (non-hydrogen) atoms. The molecule has 2 aromatic rings. The van der Waals surface area contributed by atoms with Crippen LogP contribution in [0.4, 0.5) is 11.4 Å². The maximum absolute atomic E-state index is 12.1. The molecule has 2 N–H and O–H groups in total. The van der Waals surface area contributed by atoms with Crippen molar-refractivity contribution in [2.45, 2.75) is 13.5 Å². The molecular formula is C16H13N3O7. The Labute approximate surface area is 146 Å². The first-order valence-electron chi connectivity index (χ1n) is 7.20. The molecule has 10 nitrogen and oxygen atoms in total. The summed E-state index contributed by atoms with van der Waals surface area (Å²) in [6.07, 6.45) is 0. The molecule has 0 fully saturated rings. The van der Waals surface area contributed by atoms with Crippen LogP contribution in [-0.4, -0.2) is 21.7 Å². The van der Waals surface area contributed by atoms with Crippen LogP contribution < -0.4 is 5.73 Å². The Bertz CT molecular complexity index is 924. The summed E-state index contributed by atoms with van der Waals surface area (Å²) in [7, 11) is 0. The monoisotopic (exact) mass is 359 g/mol. The van der Waals surface area contributed by atoms with E-state index < -0.39 is 34.0 Å². The lowest BCUT2D eigenvalue weighted by atomic mass is 10.1. The summed E-state index contributed by atoms with van der Waals surface area (Å²) in [6.45, 7) is 1.06. The number of hydrogen-bond acceptors (Lipinski definition) is 7. The Hall–Kier alpha value is -3.82. The lowest BCUT2D eigenvalue weighted by molar-refractivity contribution is -0.385. The fraction of sp³-hybridized carbons (Fsp3) is 0.125. The third-order valence-electron chi connectivity index (χ3n) is 3.55. The van der Waals surface area contributed by atoms with Crippen LogP contribution >= 0.6 is 0 Å². The number of nitro groups is 2. The van der Waals surface area contributed by atoms with Crippen molar-refractivity contribution in [2.75, 3.05) is 0 Å². The van der Waals surface area contributed by atoms with E-state index >= 15 is 0 Å². The van der Waals surface area contributed by atoms with E-state index in [9.17, 15) is 29.8 Å². The SMILES string of the molecule is Cc1cc(C(=O)OCc2ccc(C(N)=O)cc2[N+](=O)[O-])ccc1[N+](=O)[O-]. The molecule has 0 aliphatic rings. The zero-order valence-electron chi connectivity index (χ0n) is 13.5. The minimum Gasteiger partial charge on any atom is -0.457 e. The van der Waals surface area contributed by atoms with Gasteiger partial charge < -0.3 is 10.5 Å². The number of carbonyl (C=O) groups is 2. The number of nitro benzene ring substituents is 2. The van der Waals surface area contributed by atoms with Crippen LogP contribution in [0, 0.1) is 27.2 Å². The topological polar surface area (TPSA) is 156 Å². The fourth-order valence-electron chi connectivity index (χ4n) is 2.22. The van der Waals surface area contributed by atoms with Gasteiger partial charge in [0.2, 0.25) is 5.91 Å². The zero-order valence-corrected chi connectivity index (χ0v) is 13.5. The van der Waals surface area contributed by atoms with Crippen molar-refractivity contribution in [1.29, 1.82) is 0 Å². The lowest BCUT2D eigenvalue weighted by Gasteiger charge is -2.07. The minimum atomic E-state index is -0.821. The maximum atomic E-state index is 12.1. The van der Waals surface area contributed by atoms with Crippen LogP contribution in [0.15, 0.2) is 36.4 Å². The third kappa shape index (κ3) is 3.98. The average molecular weight is 359 g/mol. The highest BCUT2D eigenvalue weighted by Gasteiger charge is 2.19. The van der Waals surface area contributed by atoms with E-state index in [0.29, 0.717) is 0 Å². The van der Waals surface area contributed by atoms with Crippen molar-refractivity contribution in [3.63, 3.8) is 0 Å². The van der Waals surface area contributed by atoms with E-state index in [1.807, 2.05) is 0 Å². The summed E-state index contributed by atoms with van der Waals surface area (Å²) in [4.78, 5) is 43.8. The van der Waals surface area contributed by atoms with E-state index in [2.05, 4.69) is 0 Å². The molecule has 0 spiro atoms. The molecule has 0 aliphatic heterocycles. The van der Waals surface area contributed by atoms with Gasteiger partial charge in [-0.3, -0.25) is 25.0 Å². The van der Waals surface area contributed by atoms with Crippen molar-refractivity contribution in [1.82, 2.24) is 0 Å². The number of amides is 1. The third-order valence-corrected chi connectivity index (χ3v) is 3.55. The number of benzene rings is 2. The predicted octanol–water partition coefficient (Wildman–Crippen LogP) is 2.27. The molecule has 1 amide bonds. The van der Waals surface area contributed by atoms with Crippen LogP contribution in [0.3, 0.4) is 0 Å². The number of rotatable bonds is 6. The number of nitrogens with zero attached hydrogens (tertiary/aromatic N) is 2. The number of hydrogen-bond donors (Lipinski definition) is 1. The smallest absolute Gasteiger partial charge is 0.338 e.